The molecule has 0 aliphatic heterocycles. The molecule has 0 aliphatic rings. The van der Waals surface area contributed by atoms with Crippen molar-refractivity contribution in [2.24, 2.45) is 0 Å². The zero-order valence-corrected chi connectivity index (χ0v) is 7.20. The molecule has 0 N–H and O–H groups in total. The fraction of sp³-hybridized carbons (Fsp3) is 0.625. The molecular weight excluding hydrogens is 207 g/mol. The van der Waals surface area contributed by atoms with Crippen molar-refractivity contribution in [3.63, 3.8) is 0 Å². The van der Waals surface area contributed by atoms with Crippen LogP contribution in [0, 0.1) is 0 Å². The molecule has 0 aromatic heterocycles. The molecule has 0 aromatic rings. The van der Waals surface area contributed by atoms with Crippen LogP contribution in [0.5, 0.6) is 0 Å². The predicted octanol–water partition coefficient (Wildman–Crippen LogP) is 3.11. The molecule has 0 heterocycles. The van der Waals surface area contributed by atoms with Crippen molar-refractivity contribution in [3.8, 4) is 0 Å². The molecule has 0 spiro atoms. The zero-order chi connectivity index (χ0) is 11.4. The molecule has 0 bridgehead atoms. The van der Waals surface area contributed by atoms with E-state index in [4.69, 9.17) is 0 Å². The Labute approximate surface area is 77.6 Å². The van der Waals surface area contributed by atoms with Gasteiger partial charge in [-0.3, -0.25) is 4.79 Å². The van der Waals surface area contributed by atoms with Gasteiger partial charge in [-0.25, -0.2) is 0 Å². The van der Waals surface area contributed by atoms with Crippen molar-refractivity contribution in [2.45, 2.75) is 31.4 Å². The minimum Gasteiger partial charge on any atom is -0.293 e. The highest BCUT2D eigenvalue weighted by molar-refractivity contribution is 5.86. The van der Waals surface area contributed by atoms with Crippen LogP contribution in [-0.4, -0.2) is 17.9 Å². The number of rotatable bonds is 5. The van der Waals surface area contributed by atoms with Crippen molar-refractivity contribution >= 4 is 5.78 Å². The molecule has 0 saturated heterocycles. The average molecular weight is 216 g/mol. The lowest BCUT2D eigenvalue weighted by molar-refractivity contribution is -0.268. The van der Waals surface area contributed by atoms with E-state index in [0.717, 1.165) is 0 Å². The molecule has 0 rings (SSSR count). The van der Waals surface area contributed by atoms with Gasteiger partial charge >= 0.3 is 12.1 Å². The fourth-order valence-electron chi connectivity index (χ4n) is 0.722. The molecule has 14 heavy (non-hydrogen) atoms. The average Bonchev–Trinajstić information content (AvgIpc) is 2.02. The van der Waals surface area contributed by atoms with Crippen LogP contribution in [0.3, 0.4) is 0 Å². The number of Topliss-reactive ketones (excluding diaryl/α,β-unsaturated/α-hetero) is 1. The van der Waals surface area contributed by atoms with Gasteiger partial charge in [0, 0.05) is 6.42 Å². The summed E-state index contributed by atoms with van der Waals surface area (Å²) in [4.78, 5) is 10.5. The first-order chi connectivity index (χ1) is 6.23. The van der Waals surface area contributed by atoms with Crippen LogP contribution in [-0.2, 0) is 4.79 Å². The number of hydrogen-bond acceptors (Lipinski definition) is 1. The summed E-state index contributed by atoms with van der Waals surface area (Å²) in [5.74, 6) is -7.32. The molecule has 0 aliphatic carbocycles. The summed E-state index contributed by atoms with van der Waals surface area (Å²) in [7, 11) is 0. The van der Waals surface area contributed by atoms with E-state index in [1.54, 1.807) is 0 Å². The maximum absolute atomic E-state index is 12.3. The molecule has 0 amide bonds. The Hall–Kier alpha value is -0.940. The first-order valence-electron chi connectivity index (χ1n) is 3.82. The van der Waals surface area contributed by atoms with Gasteiger partial charge in [0.15, 0.2) is 0 Å². The zero-order valence-electron chi connectivity index (χ0n) is 7.20. The number of carbonyl (C=O) groups is 1. The third kappa shape index (κ3) is 3.08. The second-order valence-electron chi connectivity index (χ2n) is 2.68. The SMILES string of the molecule is C=CCCCC(=O)C(F)(F)C(F)(F)F. The van der Waals surface area contributed by atoms with Crippen LogP contribution in [0.25, 0.3) is 0 Å². The largest absolute Gasteiger partial charge is 0.461 e. The quantitative estimate of drug-likeness (QED) is 0.392. The molecule has 0 saturated carbocycles. The van der Waals surface area contributed by atoms with Crippen molar-refractivity contribution < 1.29 is 26.7 Å². The second-order valence-corrected chi connectivity index (χ2v) is 2.68. The Morgan fingerprint density at radius 2 is 1.71 bits per heavy atom. The molecule has 0 radical (unpaired) electrons. The van der Waals surface area contributed by atoms with Crippen LogP contribution >= 0.6 is 0 Å². The fourth-order valence-corrected chi connectivity index (χ4v) is 0.722. The summed E-state index contributed by atoms with van der Waals surface area (Å²) in [5, 5.41) is 0. The van der Waals surface area contributed by atoms with Crippen molar-refractivity contribution in [2.75, 3.05) is 0 Å². The monoisotopic (exact) mass is 216 g/mol. The van der Waals surface area contributed by atoms with Crippen LogP contribution in [0.15, 0.2) is 12.7 Å². The molecular formula is C8H9F5O. The van der Waals surface area contributed by atoms with Crippen molar-refractivity contribution in [3.05, 3.63) is 12.7 Å². The third-order valence-electron chi connectivity index (χ3n) is 1.52. The minimum absolute atomic E-state index is 0.0476. The number of halogens is 5. The Bertz CT molecular complexity index is 218. The van der Waals surface area contributed by atoms with Gasteiger partial charge in [0.1, 0.15) is 0 Å². The topological polar surface area (TPSA) is 17.1 Å². The Morgan fingerprint density at radius 1 is 1.21 bits per heavy atom. The maximum Gasteiger partial charge on any atom is 0.461 e. The minimum atomic E-state index is -5.79. The van der Waals surface area contributed by atoms with Gasteiger partial charge in [-0.1, -0.05) is 6.08 Å². The van der Waals surface area contributed by atoms with E-state index in [2.05, 4.69) is 6.58 Å². The normalized spacial score (nSPS) is 12.6. The van der Waals surface area contributed by atoms with Gasteiger partial charge in [-0.15, -0.1) is 6.58 Å². The summed E-state index contributed by atoms with van der Waals surface area (Å²) >= 11 is 0. The highest BCUT2D eigenvalue weighted by atomic mass is 19.4. The highest BCUT2D eigenvalue weighted by Gasteiger charge is 2.62. The van der Waals surface area contributed by atoms with Crippen molar-refractivity contribution in [1.29, 1.82) is 0 Å². The van der Waals surface area contributed by atoms with Crippen LogP contribution in [0.4, 0.5) is 22.0 Å². The highest BCUT2D eigenvalue weighted by Crippen LogP contribution is 2.37. The summed E-state index contributed by atoms with van der Waals surface area (Å²) in [6.07, 6.45) is -5.05. The number of unbranched alkanes of at least 4 members (excludes halogenated alkanes) is 1. The van der Waals surface area contributed by atoms with Gasteiger partial charge < -0.3 is 0 Å². The summed E-state index contributed by atoms with van der Waals surface area (Å²) < 4.78 is 59.3. The molecule has 6 heteroatoms. The molecule has 82 valence electrons. The second kappa shape index (κ2) is 4.52. The van der Waals surface area contributed by atoms with E-state index < -0.39 is 24.3 Å². The third-order valence-corrected chi connectivity index (χ3v) is 1.52. The maximum atomic E-state index is 12.3. The lowest BCUT2D eigenvalue weighted by atomic mass is 10.1. The Balaban J connectivity index is 4.29. The van der Waals surface area contributed by atoms with Crippen LogP contribution < -0.4 is 0 Å². The first-order valence-corrected chi connectivity index (χ1v) is 3.82. The first kappa shape index (κ1) is 13.1. The lowest BCUT2D eigenvalue weighted by Gasteiger charge is -2.17. The van der Waals surface area contributed by atoms with Crippen LogP contribution in [0.1, 0.15) is 19.3 Å². The smallest absolute Gasteiger partial charge is 0.293 e. The Morgan fingerprint density at radius 3 is 2.07 bits per heavy atom. The van der Waals surface area contributed by atoms with Gasteiger partial charge in [0.2, 0.25) is 5.78 Å². The van der Waals surface area contributed by atoms with E-state index >= 15 is 0 Å². The summed E-state index contributed by atoms with van der Waals surface area (Å²) in [5.41, 5.74) is 0. The number of hydrogen-bond donors (Lipinski definition) is 0. The van der Waals surface area contributed by atoms with Gasteiger partial charge in [-0.2, -0.15) is 22.0 Å². The molecule has 0 aromatic carbocycles. The van der Waals surface area contributed by atoms with Gasteiger partial charge in [-0.05, 0) is 12.8 Å². The van der Waals surface area contributed by atoms with E-state index in [-0.39, 0.29) is 12.8 Å². The molecule has 1 nitrogen and oxygen atoms in total. The number of alkyl halides is 5. The van der Waals surface area contributed by atoms with Crippen molar-refractivity contribution in [1.82, 2.24) is 0 Å². The summed E-state index contributed by atoms with van der Waals surface area (Å²) in [6.45, 7) is 3.25. The van der Waals surface area contributed by atoms with Gasteiger partial charge in [0.25, 0.3) is 0 Å². The number of allylic oxidation sites excluding steroid dienone is 1. The molecule has 0 atom stereocenters. The van der Waals surface area contributed by atoms with Gasteiger partial charge in [0.05, 0.1) is 0 Å². The number of ketones is 1. The predicted molar refractivity (Wildman–Crippen MR) is 40.1 cm³/mol. The molecule has 0 fully saturated rings. The standard InChI is InChI=1S/C8H9F5O/c1-2-3-4-5-6(14)7(9,10)8(11,12)13/h2H,1,3-5H2. The summed E-state index contributed by atoms with van der Waals surface area (Å²) in [6, 6.07) is 0. The van der Waals surface area contributed by atoms with Crippen LogP contribution in [0.2, 0.25) is 0 Å². The Kier molecular flexibility index (Phi) is 4.22. The van der Waals surface area contributed by atoms with E-state index in [1.807, 2.05) is 0 Å². The van der Waals surface area contributed by atoms with E-state index in [9.17, 15) is 26.7 Å². The molecule has 0 unspecified atom stereocenters. The lowest BCUT2D eigenvalue weighted by Crippen LogP contribution is -2.43. The number of carbonyl (C=O) groups excluding carboxylic acids is 1. The van der Waals surface area contributed by atoms with E-state index in [1.165, 1.54) is 6.08 Å². The van der Waals surface area contributed by atoms with E-state index in [0.29, 0.717) is 0 Å².